The number of benzene rings is 2. The van der Waals surface area contributed by atoms with Crippen LogP contribution in [0.15, 0.2) is 60.7 Å². The Morgan fingerprint density at radius 1 is 0.900 bits per heavy atom. The van der Waals surface area contributed by atoms with Crippen molar-refractivity contribution in [3.8, 4) is 0 Å². The fourth-order valence-corrected chi connectivity index (χ4v) is 4.12. The zero-order valence-electron chi connectivity index (χ0n) is 16.3. The van der Waals surface area contributed by atoms with Crippen LogP contribution in [-0.2, 0) is 11.2 Å². The number of urea groups is 1. The van der Waals surface area contributed by atoms with Gasteiger partial charge in [-0.15, -0.1) is 11.3 Å². The van der Waals surface area contributed by atoms with E-state index in [0.29, 0.717) is 27.8 Å². The van der Waals surface area contributed by atoms with Gasteiger partial charge in [0.25, 0.3) is 5.91 Å². The molecule has 0 spiro atoms. The average Bonchev–Trinajstić information content (AvgIpc) is 3.35. The molecule has 2 heterocycles. The molecule has 0 fully saturated rings. The maximum atomic E-state index is 12.6. The van der Waals surface area contributed by atoms with E-state index in [1.165, 1.54) is 11.3 Å². The van der Waals surface area contributed by atoms with Crippen molar-refractivity contribution in [1.29, 1.82) is 0 Å². The van der Waals surface area contributed by atoms with Gasteiger partial charge in [-0.05, 0) is 54.4 Å². The molecule has 2 aromatic carbocycles. The van der Waals surface area contributed by atoms with Gasteiger partial charge in [-0.1, -0.05) is 18.2 Å². The van der Waals surface area contributed by atoms with Gasteiger partial charge < -0.3 is 15.5 Å². The van der Waals surface area contributed by atoms with Crippen LogP contribution < -0.4 is 20.9 Å². The van der Waals surface area contributed by atoms with E-state index < -0.39 is 0 Å². The van der Waals surface area contributed by atoms with Crippen molar-refractivity contribution in [2.24, 2.45) is 0 Å². The van der Waals surface area contributed by atoms with E-state index in [1.54, 1.807) is 42.2 Å². The molecular formula is C22H20N4O3S. The van der Waals surface area contributed by atoms with E-state index in [2.05, 4.69) is 16.0 Å². The monoisotopic (exact) mass is 420 g/mol. The van der Waals surface area contributed by atoms with Crippen LogP contribution in [0.2, 0.25) is 0 Å². The summed E-state index contributed by atoms with van der Waals surface area (Å²) in [6.07, 6.45) is 0.766. The molecule has 0 saturated carbocycles. The lowest BCUT2D eigenvalue weighted by Crippen LogP contribution is -2.25. The van der Waals surface area contributed by atoms with Crippen LogP contribution in [0.1, 0.15) is 22.2 Å². The number of nitrogens with one attached hydrogen (secondary N) is 3. The van der Waals surface area contributed by atoms with E-state index in [1.807, 2.05) is 30.3 Å². The van der Waals surface area contributed by atoms with Gasteiger partial charge in [0.1, 0.15) is 0 Å². The number of amides is 4. The fraction of sp³-hybridized carbons (Fsp3) is 0.136. The standard InChI is InChI=1S/C22H20N4O3S/c1-14(27)26-12-11-15-13-17(7-8-18(15)26)23-21(28)19-9-10-20(30-19)25-22(29)24-16-5-3-2-4-6-16/h2-10,13H,11-12H2,1H3,(H,23,28)(H2,24,25,29). The lowest BCUT2D eigenvalue weighted by atomic mass is 10.1. The molecule has 4 rings (SSSR count). The number of thiophene rings is 1. The van der Waals surface area contributed by atoms with Crippen LogP contribution in [0.4, 0.5) is 26.9 Å². The number of carbonyl (C=O) groups is 3. The highest BCUT2D eigenvalue weighted by molar-refractivity contribution is 7.18. The number of para-hydroxylation sites is 1. The van der Waals surface area contributed by atoms with Gasteiger partial charge >= 0.3 is 6.03 Å². The van der Waals surface area contributed by atoms with E-state index in [0.717, 1.165) is 17.7 Å². The van der Waals surface area contributed by atoms with Crippen LogP contribution in [-0.4, -0.2) is 24.4 Å². The summed E-state index contributed by atoms with van der Waals surface area (Å²) < 4.78 is 0. The Kier molecular flexibility index (Phi) is 5.49. The molecule has 1 aliphatic rings. The first-order valence-corrected chi connectivity index (χ1v) is 10.3. The lowest BCUT2D eigenvalue weighted by molar-refractivity contribution is -0.116. The SMILES string of the molecule is CC(=O)N1CCc2cc(NC(=O)c3ccc(NC(=O)Nc4ccccc4)s3)ccc21. The lowest BCUT2D eigenvalue weighted by Gasteiger charge is -2.15. The number of hydrogen-bond donors (Lipinski definition) is 3. The van der Waals surface area contributed by atoms with Crippen molar-refractivity contribution in [3.63, 3.8) is 0 Å². The summed E-state index contributed by atoms with van der Waals surface area (Å²) >= 11 is 1.19. The molecule has 7 nitrogen and oxygen atoms in total. The second-order valence-corrected chi connectivity index (χ2v) is 7.91. The molecule has 0 bridgehead atoms. The van der Waals surface area contributed by atoms with Crippen molar-refractivity contribution >= 4 is 51.2 Å². The van der Waals surface area contributed by atoms with E-state index in [-0.39, 0.29) is 17.8 Å². The maximum Gasteiger partial charge on any atom is 0.324 e. The van der Waals surface area contributed by atoms with Crippen molar-refractivity contribution in [2.45, 2.75) is 13.3 Å². The Balaban J connectivity index is 1.38. The van der Waals surface area contributed by atoms with Crippen molar-refractivity contribution < 1.29 is 14.4 Å². The van der Waals surface area contributed by atoms with Crippen molar-refractivity contribution in [1.82, 2.24) is 0 Å². The second kappa shape index (κ2) is 8.38. The Labute approximate surface area is 177 Å². The molecule has 1 aliphatic heterocycles. The van der Waals surface area contributed by atoms with Crippen molar-refractivity contribution in [3.05, 3.63) is 71.1 Å². The Bertz CT molecular complexity index is 1110. The first-order chi connectivity index (χ1) is 14.5. The molecule has 3 N–H and O–H groups in total. The van der Waals surface area contributed by atoms with Crippen LogP contribution in [0.5, 0.6) is 0 Å². The molecule has 30 heavy (non-hydrogen) atoms. The van der Waals surface area contributed by atoms with Crippen LogP contribution in [0.3, 0.4) is 0 Å². The highest BCUT2D eigenvalue weighted by Crippen LogP contribution is 2.31. The molecular weight excluding hydrogens is 400 g/mol. The minimum atomic E-state index is -0.372. The van der Waals surface area contributed by atoms with Crippen LogP contribution in [0, 0.1) is 0 Å². The van der Waals surface area contributed by atoms with Gasteiger partial charge in [-0.25, -0.2) is 4.79 Å². The molecule has 3 aromatic rings. The highest BCUT2D eigenvalue weighted by Gasteiger charge is 2.22. The highest BCUT2D eigenvalue weighted by atomic mass is 32.1. The Hall–Kier alpha value is -3.65. The number of carbonyl (C=O) groups excluding carboxylic acids is 3. The number of hydrogen-bond acceptors (Lipinski definition) is 4. The Morgan fingerprint density at radius 2 is 1.70 bits per heavy atom. The summed E-state index contributed by atoms with van der Waals surface area (Å²) in [4.78, 5) is 38.6. The second-order valence-electron chi connectivity index (χ2n) is 6.83. The maximum absolute atomic E-state index is 12.6. The molecule has 4 amide bonds. The smallest absolute Gasteiger partial charge is 0.321 e. The first kappa shape index (κ1) is 19.7. The van der Waals surface area contributed by atoms with Crippen LogP contribution >= 0.6 is 11.3 Å². The van der Waals surface area contributed by atoms with Gasteiger partial charge in [-0.2, -0.15) is 0 Å². The quantitative estimate of drug-likeness (QED) is 0.578. The summed E-state index contributed by atoms with van der Waals surface area (Å²) in [6, 6.07) is 17.7. The number of nitrogens with zero attached hydrogens (tertiary/aromatic N) is 1. The third-order valence-electron chi connectivity index (χ3n) is 4.71. The molecule has 0 atom stereocenters. The predicted octanol–water partition coefficient (Wildman–Crippen LogP) is 4.55. The normalized spacial score (nSPS) is 12.2. The Morgan fingerprint density at radius 3 is 2.47 bits per heavy atom. The van der Waals surface area contributed by atoms with E-state index >= 15 is 0 Å². The zero-order chi connectivity index (χ0) is 21.1. The molecule has 0 radical (unpaired) electrons. The summed E-state index contributed by atoms with van der Waals surface area (Å²) in [7, 11) is 0. The first-order valence-electron chi connectivity index (χ1n) is 9.45. The largest absolute Gasteiger partial charge is 0.324 e. The summed E-state index contributed by atoms with van der Waals surface area (Å²) in [5, 5.41) is 8.91. The zero-order valence-corrected chi connectivity index (χ0v) is 17.1. The molecule has 1 aromatic heterocycles. The molecule has 8 heteroatoms. The van der Waals surface area contributed by atoms with E-state index in [9.17, 15) is 14.4 Å². The summed E-state index contributed by atoms with van der Waals surface area (Å²) in [5.74, 6) is -0.238. The molecule has 0 saturated heterocycles. The van der Waals surface area contributed by atoms with Gasteiger partial charge in [0.15, 0.2) is 0 Å². The molecule has 152 valence electrons. The van der Waals surface area contributed by atoms with E-state index in [4.69, 9.17) is 0 Å². The van der Waals surface area contributed by atoms with Gasteiger partial charge in [0.2, 0.25) is 5.91 Å². The number of fused-ring (bicyclic) bond motifs is 1. The summed E-state index contributed by atoms with van der Waals surface area (Å²) in [5.41, 5.74) is 3.29. The average molecular weight is 420 g/mol. The van der Waals surface area contributed by atoms with Gasteiger partial charge in [0.05, 0.1) is 9.88 Å². The molecule has 0 unspecified atom stereocenters. The summed E-state index contributed by atoms with van der Waals surface area (Å²) in [6.45, 7) is 2.21. The third-order valence-corrected chi connectivity index (χ3v) is 5.71. The number of rotatable bonds is 4. The van der Waals surface area contributed by atoms with Crippen molar-refractivity contribution in [2.75, 3.05) is 27.4 Å². The number of anilines is 4. The predicted molar refractivity (Wildman–Crippen MR) is 120 cm³/mol. The van der Waals surface area contributed by atoms with Gasteiger partial charge in [0, 0.05) is 30.5 Å². The van der Waals surface area contributed by atoms with Gasteiger partial charge in [-0.3, -0.25) is 14.9 Å². The third kappa shape index (κ3) is 4.33. The topological polar surface area (TPSA) is 90.5 Å². The minimum absolute atomic E-state index is 0.0143. The molecule has 0 aliphatic carbocycles. The van der Waals surface area contributed by atoms with Crippen LogP contribution in [0.25, 0.3) is 0 Å². The minimum Gasteiger partial charge on any atom is -0.321 e. The fourth-order valence-electron chi connectivity index (χ4n) is 3.32.